The lowest BCUT2D eigenvalue weighted by molar-refractivity contribution is 0.0950. The molecule has 2 aromatic rings. The Morgan fingerprint density at radius 1 is 1.08 bits per heavy atom. The third-order valence-electron chi connectivity index (χ3n) is 3.76. The highest BCUT2D eigenvalue weighted by Crippen LogP contribution is 2.27. The molecule has 2 N–H and O–H groups in total. The van der Waals surface area contributed by atoms with E-state index in [0.29, 0.717) is 30.2 Å². The zero-order valence-corrected chi connectivity index (χ0v) is 15.4. The lowest BCUT2D eigenvalue weighted by Crippen LogP contribution is -2.23. The molecule has 0 fully saturated rings. The minimum Gasteiger partial charge on any atom is -0.493 e. The van der Waals surface area contributed by atoms with Crippen molar-refractivity contribution in [2.45, 2.75) is 13.0 Å². The molecule has 1 amide bonds. The molecule has 0 aliphatic rings. The van der Waals surface area contributed by atoms with Crippen LogP contribution in [0, 0.1) is 0 Å². The van der Waals surface area contributed by atoms with Gasteiger partial charge in [-0.25, -0.2) is 0 Å². The molecule has 0 atom stereocenters. The van der Waals surface area contributed by atoms with Crippen molar-refractivity contribution in [2.24, 2.45) is 0 Å². The first kappa shape index (κ1) is 19.5. The first-order valence-electron chi connectivity index (χ1n) is 8.35. The van der Waals surface area contributed by atoms with Gasteiger partial charge in [0, 0.05) is 39.2 Å². The molecular formula is C19H25N3O4. The number of nitrogens with zero attached hydrogens (tertiary/aromatic N) is 1. The van der Waals surface area contributed by atoms with E-state index in [4.69, 9.17) is 14.2 Å². The van der Waals surface area contributed by atoms with E-state index in [9.17, 15) is 4.79 Å². The number of pyridine rings is 1. The van der Waals surface area contributed by atoms with Crippen molar-refractivity contribution >= 4 is 11.6 Å². The second-order valence-corrected chi connectivity index (χ2v) is 5.61. The summed E-state index contributed by atoms with van der Waals surface area (Å²) in [7, 11) is 4.84. The second kappa shape index (κ2) is 10.2. The zero-order valence-electron chi connectivity index (χ0n) is 15.4. The van der Waals surface area contributed by atoms with Crippen LogP contribution in [0.15, 0.2) is 36.7 Å². The van der Waals surface area contributed by atoms with Gasteiger partial charge in [-0.1, -0.05) is 6.07 Å². The summed E-state index contributed by atoms with van der Waals surface area (Å²) >= 11 is 0. The number of carbonyl (C=O) groups is 1. The predicted molar refractivity (Wildman–Crippen MR) is 99.9 cm³/mol. The molecule has 7 heteroatoms. The summed E-state index contributed by atoms with van der Waals surface area (Å²) in [4.78, 5) is 16.5. The smallest absolute Gasteiger partial charge is 0.253 e. The van der Waals surface area contributed by atoms with E-state index in [0.717, 1.165) is 24.2 Å². The number of methoxy groups -OCH3 is 3. The van der Waals surface area contributed by atoms with Crippen LogP contribution in [0.5, 0.6) is 11.5 Å². The Morgan fingerprint density at radius 2 is 1.88 bits per heavy atom. The van der Waals surface area contributed by atoms with Crippen LogP contribution < -0.4 is 20.1 Å². The molecule has 26 heavy (non-hydrogen) atoms. The van der Waals surface area contributed by atoms with Crippen LogP contribution >= 0.6 is 0 Å². The van der Waals surface area contributed by atoms with Crippen molar-refractivity contribution in [1.29, 1.82) is 0 Å². The first-order chi connectivity index (χ1) is 12.7. The van der Waals surface area contributed by atoms with Crippen LogP contribution in [0.25, 0.3) is 0 Å². The average molecular weight is 359 g/mol. The number of hydrogen-bond acceptors (Lipinski definition) is 6. The molecule has 0 saturated heterocycles. The summed E-state index contributed by atoms with van der Waals surface area (Å²) in [5, 5.41) is 6.11. The van der Waals surface area contributed by atoms with Gasteiger partial charge in [0.05, 0.1) is 25.5 Å². The number of amides is 1. The minimum atomic E-state index is -0.187. The van der Waals surface area contributed by atoms with Crippen molar-refractivity contribution in [3.05, 3.63) is 47.8 Å². The van der Waals surface area contributed by atoms with Crippen molar-refractivity contribution in [1.82, 2.24) is 10.3 Å². The van der Waals surface area contributed by atoms with Crippen LogP contribution in [0.4, 0.5) is 5.69 Å². The van der Waals surface area contributed by atoms with Gasteiger partial charge < -0.3 is 24.8 Å². The number of hydrogen-bond donors (Lipinski definition) is 2. The highest BCUT2D eigenvalue weighted by Gasteiger charge is 2.09. The molecule has 0 spiro atoms. The van der Waals surface area contributed by atoms with Gasteiger partial charge >= 0.3 is 0 Å². The maximum Gasteiger partial charge on any atom is 0.253 e. The molecule has 0 bridgehead atoms. The molecule has 7 nitrogen and oxygen atoms in total. The van der Waals surface area contributed by atoms with Crippen LogP contribution in [0.1, 0.15) is 22.3 Å². The van der Waals surface area contributed by atoms with Crippen LogP contribution in [-0.2, 0) is 11.3 Å². The number of anilines is 1. The maximum atomic E-state index is 12.4. The quantitative estimate of drug-likeness (QED) is 0.634. The lowest BCUT2D eigenvalue weighted by atomic mass is 10.2. The molecule has 0 aliphatic carbocycles. The highest BCUT2D eigenvalue weighted by molar-refractivity contribution is 5.94. The van der Waals surface area contributed by atoms with Crippen molar-refractivity contribution in [3.63, 3.8) is 0 Å². The summed E-state index contributed by atoms with van der Waals surface area (Å²) in [6, 6.07) is 7.31. The highest BCUT2D eigenvalue weighted by atomic mass is 16.5. The lowest BCUT2D eigenvalue weighted by Gasteiger charge is -2.11. The van der Waals surface area contributed by atoms with E-state index < -0.39 is 0 Å². The Balaban J connectivity index is 1.93. The molecule has 2 rings (SSSR count). The fourth-order valence-corrected chi connectivity index (χ4v) is 2.39. The van der Waals surface area contributed by atoms with E-state index in [-0.39, 0.29) is 5.91 Å². The van der Waals surface area contributed by atoms with Crippen LogP contribution in [0.3, 0.4) is 0 Å². The van der Waals surface area contributed by atoms with Crippen molar-refractivity contribution in [3.8, 4) is 11.5 Å². The standard InChI is InChI=1S/C19H25N3O4/c1-24-8-4-7-21-16-10-15(12-20-13-16)19(23)22-11-14-5-6-17(25-2)18(9-14)26-3/h5-6,9-10,12-13,21H,4,7-8,11H2,1-3H3,(H,22,23). The maximum absolute atomic E-state index is 12.4. The Kier molecular flexibility index (Phi) is 7.70. The summed E-state index contributed by atoms with van der Waals surface area (Å²) in [6.07, 6.45) is 4.12. The van der Waals surface area contributed by atoms with E-state index in [1.807, 2.05) is 18.2 Å². The normalized spacial score (nSPS) is 10.3. The number of carbonyl (C=O) groups excluding carboxylic acids is 1. The number of aromatic nitrogens is 1. The van der Waals surface area contributed by atoms with E-state index in [1.54, 1.807) is 39.8 Å². The topological polar surface area (TPSA) is 81.7 Å². The molecule has 0 saturated carbocycles. The summed E-state index contributed by atoms with van der Waals surface area (Å²) < 4.78 is 15.5. The SMILES string of the molecule is COCCCNc1cncc(C(=O)NCc2ccc(OC)c(OC)c2)c1. The second-order valence-electron chi connectivity index (χ2n) is 5.61. The minimum absolute atomic E-state index is 0.187. The Hall–Kier alpha value is -2.80. The fraction of sp³-hybridized carbons (Fsp3) is 0.368. The molecule has 1 aromatic carbocycles. The van der Waals surface area contributed by atoms with Gasteiger partial charge in [-0.05, 0) is 30.2 Å². The van der Waals surface area contributed by atoms with Gasteiger partial charge in [-0.2, -0.15) is 0 Å². The van der Waals surface area contributed by atoms with E-state index in [1.165, 1.54) is 0 Å². The van der Waals surface area contributed by atoms with Gasteiger partial charge in [0.15, 0.2) is 11.5 Å². The van der Waals surface area contributed by atoms with Crippen molar-refractivity contribution in [2.75, 3.05) is 39.8 Å². The number of ether oxygens (including phenoxy) is 3. The van der Waals surface area contributed by atoms with Gasteiger partial charge in [-0.15, -0.1) is 0 Å². The van der Waals surface area contributed by atoms with Gasteiger partial charge in [0.2, 0.25) is 0 Å². The molecule has 1 aromatic heterocycles. The molecule has 0 unspecified atom stereocenters. The molecule has 1 heterocycles. The molecule has 0 radical (unpaired) electrons. The monoisotopic (exact) mass is 359 g/mol. The molecule has 140 valence electrons. The van der Waals surface area contributed by atoms with E-state index in [2.05, 4.69) is 15.6 Å². The third kappa shape index (κ3) is 5.63. The Bertz CT molecular complexity index is 722. The molecular weight excluding hydrogens is 334 g/mol. The zero-order chi connectivity index (χ0) is 18.8. The van der Waals surface area contributed by atoms with Gasteiger partial charge in [0.25, 0.3) is 5.91 Å². The van der Waals surface area contributed by atoms with E-state index >= 15 is 0 Å². The van der Waals surface area contributed by atoms with Crippen molar-refractivity contribution < 1.29 is 19.0 Å². The Labute approximate surface area is 153 Å². The number of nitrogens with one attached hydrogen (secondary N) is 2. The summed E-state index contributed by atoms with van der Waals surface area (Å²) in [6.45, 7) is 1.82. The van der Waals surface area contributed by atoms with Gasteiger partial charge in [0.1, 0.15) is 0 Å². The Morgan fingerprint density at radius 3 is 2.62 bits per heavy atom. The van der Waals surface area contributed by atoms with Crippen LogP contribution in [-0.4, -0.2) is 45.4 Å². The number of benzene rings is 1. The molecule has 0 aliphatic heterocycles. The van der Waals surface area contributed by atoms with Crippen LogP contribution in [0.2, 0.25) is 0 Å². The summed E-state index contributed by atoms with van der Waals surface area (Å²) in [5.74, 6) is 1.09. The summed E-state index contributed by atoms with van der Waals surface area (Å²) in [5.41, 5.74) is 2.22. The predicted octanol–water partition coefficient (Wildman–Crippen LogP) is 2.48. The fourth-order valence-electron chi connectivity index (χ4n) is 2.39. The average Bonchev–Trinajstić information content (AvgIpc) is 2.69. The number of rotatable bonds is 10. The van der Waals surface area contributed by atoms with Gasteiger partial charge in [-0.3, -0.25) is 9.78 Å². The largest absolute Gasteiger partial charge is 0.493 e. The first-order valence-corrected chi connectivity index (χ1v) is 8.35. The third-order valence-corrected chi connectivity index (χ3v) is 3.76.